The zero-order valence-electron chi connectivity index (χ0n) is 16.4. The van der Waals surface area contributed by atoms with Crippen LogP contribution in [0.15, 0.2) is 63.8 Å². The maximum Gasteiger partial charge on any atom is 0.339 e. The second-order valence-corrected chi connectivity index (χ2v) is 7.81. The quantitative estimate of drug-likeness (QED) is 0.636. The first-order valence-electron chi connectivity index (χ1n) is 9.33. The first-order valence-corrected chi connectivity index (χ1v) is 9.33. The van der Waals surface area contributed by atoms with Gasteiger partial charge >= 0.3 is 5.63 Å². The number of benzene rings is 2. The minimum absolute atomic E-state index is 0.0473. The Labute approximate surface area is 160 Å². The van der Waals surface area contributed by atoms with Gasteiger partial charge in [-0.2, -0.15) is 0 Å². The first-order chi connectivity index (χ1) is 12.9. The Kier molecular flexibility index (Phi) is 5.66. The maximum absolute atomic E-state index is 12.2. The van der Waals surface area contributed by atoms with Gasteiger partial charge in [0, 0.05) is 17.4 Å². The van der Waals surface area contributed by atoms with Crippen LogP contribution in [0.3, 0.4) is 0 Å². The fourth-order valence-electron chi connectivity index (χ4n) is 3.10. The van der Waals surface area contributed by atoms with Gasteiger partial charge in [0.25, 0.3) is 0 Å². The molecule has 2 aromatic carbocycles. The van der Waals surface area contributed by atoms with Gasteiger partial charge in [-0.05, 0) is 48.8 Å². The molecular weight excluding hydrogens is 338 g/mol. The molecule has 0 aliphatic rings. The van der Waals surface area contributed by atoms with Gasteiger partial charge < -0.3 is 14.5 Å². The van der Waals surface area contributed by atoms with Crippen LogP contribution in [0.2, 0.25) is 0 Å². The molecular formula is C23H27NO3. The lowest BCUT2D eigenvalue weighted by atomic mass is 9.88. The molecule has 0 amide bonds. The summed E-state index contributed by atoms with van der Waals surface area (Å²) < 4.78 is 11.8. The summed E-state index contributed by atoms with van der Waals surface area (Å²) in [6.45, 7) is 6.88. The minimum Gasteiger partial charge on any atom is -0.486 e. The molecule has 1 unspecified atom stereocenters. The van der Waals surface area contributed by atoms with Gasteiger partial charge in [-0.3, -0.25) is 0 Å². The molecule has 142 valence electrons. The molecule has 4 heteroatoms. The number of hydrogen-bond acceptors (Lipinski definition) is 4. The smallest absolute Gasteiger partial charge is 0.339 e. The minimum atomic E-state index is -0.278. The van der Waals surface area contributed by atoms with E-state index in [1.165, 1.54) is 0 Å². The van der Waals surface area contributed by atoms with Crippen LogP contribution in [0.5, 0.6) is 5.75 Å². The van der Waals surface area contributed by atoms with Crippen molar-refractivity contribution in [1.29, 1.82) is 0 Å². The maximum atomic E-state index is 12.2. The second-order valence-electron chi connectivity index (χ2n) is 7.81. The van der Waals surface area contributed by atoms with Gasteiger partial charge in [0.15, 0.2) is 0 Å². The molecule has 0 spiro atoms. The van der Waals surface area contributed by atoms with E-state index >= 15 is 0 Å². The predicted molar refractivity (Wildman–Crippen MR) is 110 cm³/mol. The average molecular weight is 365 g/mol. The molecule has 0 aliphatic heterocycles. The number of fused-ring (bicyclic) bond motifs is 1. The van der Waals surface area contributed by atoms with Crippen molar-refractivity contribution in [3.8, 4) is 5.75 Å². The Morgan fingerprint density at radius 1 is 1.07 bits per heavy atom. The topological polar surface area (TPSA) is 51.5 Å². The Morgan fingerprint density at radius 2 is 1.81 bits per heavy atom. The highest BCUT2D eigenvalue weighted by Gasteiger charge is 2.20. The Hall–Kier alpha value is -2.59. The van der Waals surface area contributed by atoms with Crippen molar-refractivity contribution >= 4 is 11.0 Å². The van der Waals surface area contributed by atoms with Gasteiger partial charge in [0.1, 0.15) is 17.4 Å². The van der Waals surface area contributed by atoms with E-state index < -0.39 is 0 Å². The number of ether oxygens (including phenoxy) is 1. The largest absolute Gasteiger partial charge is 0.486 e. The van der Waals surface area contributed by atoms with Gasteiger partial charge in [-0.1, -0.05) is 51.1 Å². The molecule has 1 aromatic heterocycles. The fourth-order valence-corrected chi connectivity index (χ4v) is 3.10. The molecule has 4 nitrogen and oxygen atoms in total. The lowest BCUT2D eigenvalue weighted by molar-refractivity contribution is 0.195. The van der Waals surface area contributed by atoms with Crippen molar-refractivity contribution in [2.45, 2.75) is 38.7 Å². The molecule has 3 rings (SSSR count). The standard InChI is InChI=1S/C23H27NO3/c1-23(2,3)19-15-17-14-18(10-11-20(17)27-22(19)25)26-21(12-13-24-4)16-8-6-5-7-9-16/h5-11,14-15,21,24H,12-13H2,1-4H3. The predicted octanol–water partition coefficient (Wildman–Crippen LogP) is 4.82. The molecule has 0 bridgehead atoms. The highest BCUT2D eigenvalue weighted by Crippen LogP contribution is 2.29. The second kappa shape index (κ2) is 7.97. The van der Waals surface area contributed by atoms with Gasteiger partial charge in [0.05, 0.1) is 0 Å². The van der Waals surface area contributed by atoms with Crippen molar-refractivity contribution in [1.82, 2.24) is 5.32 Å². The van der Waals surface area contributed by atoms with Crippen molar-refractivity contribution in [3.63, 3.8) is 0 Å². The molecule has 0 saturated carbocycles. The number of rotatable bonds is 6. The Morgan fingerprint density at radius 3 is 2.48 bits per heavy atom. The van der Waals surface area contributed by atoms with Crippen LogP contribution in [0.4, 0.5) is 0 Å². The van der Waals surface area contributed by atoms with E-state index in [1.54, 1.807) is 6.07 Å². The van der Waals surface area contributed by atoms with E-state index in [-0.39, 0.29) is 17.1 Å². The van der Waals surface area contributed by atoms with E-state index in [1.807, 2.05) is 64.2 Å². The third kappa shape index (κ3) is 4.58. The molecule has 0 saturated heterocycles. The van der Waals surface area contributed by atoms with Crippen LogP contribution >= 0.6 is 0 Å². The summed E-state index contributed by atoms with van der Waals surface area (Å²) in [6, 6.07) is 17.7. The summed E-state index contributed by atoms with van der Waals surface area (Å²) in [5, 5.41) is 4.06. The highest BCUT2D eigenvalue weighted by atomic mass is 16.5. The van der Waals surface area contributed by atoms with Crippen molar-refractivity contribution in [2.75, 3.05) is 13.6 Å². The van der Waals surface area contributed by atoms with Crippen LogP contribution in [0, 0.1) is 0 Å². The lowest BCUT2D eigenvalue weighted by Crippen LogP contribution is -2.21. The van der Waals surface area contributed by atoms with Crippen molar-refractivity contribution in [2.24, 2.45) is 0 Å². The zero-order valence-corrected chi connectivity index (χ0v) is 16.4. The molecule has 1 N–H and O–H groups in total. The van der Waals surface area contributed by atoms with E-state index in [0.29, 0.717) is 11.1 Å². The van der Waals surface area contributed by atoms with E-state index in [0.717, 1.165) is 29.7 Å². The normalized spacial score (nSPS) is 12.9. The average Bonchev–Trinajstić information content (AvgIpc) is 2.64. The monoisotopic (exact) mass is 365 g/mol. The fraction of sp³-hybridized carbons (Fsp3) is 0.348. The van der Waals surface area contributed by atoms with Crippen LogP contribution in [-0.4, -0.2) is 13.6 Å². The molecule has 27 heavy (non-hydrogen) atoms. The molecule has 0 aliphatic carbocycles. The van der Waals surface area contributed by atoms with Gasteiger partial charge in [-0.15, -0.1) is 0 Å². The molecule has 0 radical (unpaired) electrons. The SMILES string of the molecule is CNCCC(Oc1ccc2oc(=O)c(C(C)(C)C)cc2c1)c1ccccc1. The van der Waals surface area contributed by atoms with Crippen LogP contribution in [0.25, 0.3) is 11.0 Å². The van der Waals surface area contributed by atoms with Crippen LogP contribution in [-0.2, 0) is 5.41 Å². The number of nitrogens with one attached hydrogen (secondary N) is 1. The Bertz CT molecular complexity index is 955. The summed E-state index contributed by atoms with van der Waals surface area (Å²) in [5.74, 6) is 0.765. The summed E-state index contributed by atoms with van der Waals surface area (Å²) in [4.78, 5) is 12.2. The van der Waals surface area contributed by atoms with E-state index in [4.69, 9.17) is 9.15 Å². The molecule has 0 fully saturated rings. The zero-order chi connectivity index (χ0) is 19.4. The summed E-state index contributed by atoms with van der Waals surface area (Å²) in [6.07, 6.45) is 0.810. The lowest BCUT2D eigenvalue weighted by Gasteiger charge is -2.20. The van der Waals surface area contributed by atoms with Crippen LogP contribution < -0.4 is 15.7 Å². The highest BCUT2D eigenvalue weighted by molar-refractivity contribution is 5.78. The van der Waals surface area contributed by atoms with Crippen LogP contribution in [0.1, 0.15) is 44.4 Å². The van der Waals surface area contributed by atoms with Gasteiger partial charge in [-0.25, -0.2) is 4.79 Å². The first kappa shape index (κ1) is 19.2. The van der Waals surface area contributed by atoms with Crippen molar-refractivity contribution in [3.05, 3.63) is 76.1 Å². The van der Waals surface area contributed by atoms with Crippen molar-refractivity contribution < 1.29 is 9.15 Å². The number of hydrogen-bond donors (Lipinski definition) is 1. The molecule has 1 atom stereocenters. The van der Waals surface area contributed by atoms with E-state index in [9.17, 15) is 4.79 Å². The summed E-state index contributed by atoms with van der Waals surface area (Å²) in [5.41, 5.74) is 1.84. The third-order valence-corrected chi connectivity index (χ3v) is 4.62. The van der Waals surface area contributed by atoms with Gasteiger partial charge in [0.2, 0.25) is 0 Å². The Balaban J connectivity index is 1.95. The third-order valence-electron chi connectivity index (χ3n) is 4.62. The molecule has 1 heterocycles. The van der Waals surface area contributed by atoms with E-state index in [2.05, 4.69) is 17.4 Å². The molecule has 3 aromatic rings. The summed E-state index contributed by atoms with van der Waals surface area (Å²) in [7, 11) is 1.94. The summed E-state index contributed by atoms with van der Waals surface area (Å²) >= 11 is 0.